The first kappa shape index (κ1) is 10.5. The molecule has 1 atom stereocenters. The van der Waals surface area contributed by atoms with Gasteiger partial charge in [0.15, 0.2) is 4.46 Å². The van der Waals surface area contributed by atoms with E-state index < -0.39 is 4.46 Å². The van der Waals surface area contributed by atoms with Crippen LogP contribution in [0.25, 0.3) is 0 Å². The minimum absolute atomic E-state index is 0.333. The summed E-state index contributed by atoms with van der Waals surface area (Å²) in [5, 5.41) is 0. The molecule has 2 nitrogen and oxygen atoms in total. The van der Waals surface area contributed by atoms with Gasteiger partial charge in [0.1, 0.15) is 0 Å². The van der Waals surface area contributed by atoms with Crippen molar-refractivity contribution in [2.45, 2.75) is 24.2 Å². The van der Waals surface area contributed by atoms with Crippen LogP contribution in [-0.2, 0) is 0 Å². The Kier molecular flexibility index (Phi) is 4.61. The van der Waals surface area contributed by atoms with Gasteiger partial charge in [-0.15, -0.1) is 0 Å². The second-order valence-corrected chi connectivity index (χ2v) is 4.02. The van der Waals surface area contributed by atoms with Crippen molar-refractivity contribution in [1.82, 2.24) is 0 Å². The van der Waals surface area contributed by atoms with Gasteiger partial charge in [0.05, 0.1) is 0 Å². The van der Waals surface area contributed by atoms with Crippen LogP contribution in [0.2, 0.25) is 0 Å². The van der Waals surface area contributed by atoms with Crippen LogP contribution in [-0.4, -0.2) is 11.0 Å². The van der Waals surface area contributed by atoms with E-state index in [1.807, 2.05) is 6.92 Å². The van der Waals surface area contributed by atoms with Crippen LogP contribution in [0.5, 0.6) is 0 Å². The van der Waals surface area contributed by atoms with Gasteiger partial charge in [0, 0.05) is 0 Å². The third-order valence-electron chi connectivity index (χ3n) is 1.47. The van der Waals surface area contributed by atoms with Crippen LogP contribution in [0.15, 0.2) is 0 Å². The molecule has 0 saturated heterocycles. The van der Waals surface area contributed by atoms with Crippen molar-refractivity contribution in [2.75, 3.05) is 6.54 Å². The fourth-order valence-corrected chi connectivity index (χ4v) is 1.22. The molecule has 0 heterocycles. The van der Waals surface area contributed by atoms with Crippen molar-refractivity contribution in [3.63, 3.8) is 0 Å². The lowest BCUT2D eigenvalue weighted by Gasteiger charge is -2.19. The quantitative estimate of drug-likeness (QED) is 0.514. The van der Waals surface area contributed by atoms with Crippen molar-refractivity contribution in [3.05, 3.63) is 0 Å². The fourth-order valence-electron chi connectivity index (χ4n) is 0.779. The highest BCUT2D eigenvalue weighted by Gasteiger charge is 2.21. The Bertz CT molecular complexity index is 86.2. The zero-order chi connectivity index (χ0) is 8.20. The minimum atomic E-state index is -1.11. The lowest BCUT2D eigenvalue weighted by molar-refractivity contribution is 0.456. The average molecular weight is 185 g/mol. The summed E-state index contributed by atoms with van der Waals surface area (Å²) < 4.78 is -1.11. The molecule has 0 aromatic carbocycles. The summed E-state index contributed by atoms with van der Waals surface area (Å²) in [5.41, 5.74) is 10.8. The molecule has 1 unspecified atom stereocenters. The molecule has 0 aromatic rings. The van der Waals surface area contributed by atoms with Gasteiger partial charge in [-0.1, -0.05) is 36.5 Å². The number of hydrogen-bond donors (Lipinski definition) is 2. The van der Waals surface area contributed by atoms with Crippen molar-refractivity contribution in [1.29, 1.82) is 0 Å². The van der Waals surface area contributed by atoms with Crippen LogP contribution in [0.4, 0.5) is 0 Å². The van der Waals surface area contributed by atoms with Gasteiger partial charge in [-0.05, 0) is 18.9 Å². The highest BCUT2D eigenvalue weighted by molar-refractivity contribution is 6.47. The first-order chi connectivity index (χ1) is 4.49. The first-order valence-electron chi connectivity index (χ1n) is 3.36. The zero-order valence-electron chi connectivity index (χ0n) is 6.11. The van der Waals surface area contributed by atoms with Gasteiger partial charge < -0.3 is 11.5 Å². The molecule has 0 spiro atoms. The molecule has 0 saturated carbocycles. The Balaban J connectivity index is 3.63. The maximum atomic E-state index is 5.57. The zero-order valence-corrected chi connectivity index (χ0v) is 7.62. The summed E-state index contributed by atoms with van der Waals surface area (Å²) in [5.74, 6) is 0.333. The second-order valence-electron chi connectivity index (χ2n) is 2.48. The topological polar surface area (TPSA) is 52.0 Å². The van der Waals surface area contributed by atoms with Crippen LogP contribution in [0, 0.1) is 5.92 Å². The molecule has 0 amide bonds. The smallest absolute Gasteiger partial charge is 0.166 e. The van der Waals surface area contributed by atoms with Crippen LogP contribution < -0.4 is 11.5 Å². The predicted octanol–water partition coefficient (Wildman–Crippen LogP) is 1.45. The third kappa shape index (κ3) is 5.30. The van der Waals surface area contributed by atoms with Crippen molar-refractivity contribution in [2.24, 2.45) is 17.4 Å². The lowest BCUT2D eigenvalue weighted by atomic mass is 10.0. The van der Waals surface area contributed by atoms with Gasteiger partial charge in [-0.2, -0.15) is 0 Å². The molecule has 0 bridgehead atoms. The highest BCUT2D eigenvalue weighted by Crippen LogP contribution is 2.23. The monoisotopic (exact) mass is 184 g/mol. The van der Waals surface area contributed by atoms with E-state index in [0.717, 1.165) is 6.42 Å². The molecule has 4 N–H and O–H groups in total. The summed E-state index contributed by atoms with van der Waals surface area (Å²) in [6.07, 6.45) is 1.53. The van der Waals surface area contributed by atoms with Crippen molar-refractivity contribution in [3.8, 4) is 0 Å². The summed E-state index contributed by atoms with van der Waals surface area (Å²) in [7, 11) is 0. The molecule has 4 heteroatoms. The highest BCUT2D eigenvalue weighted by atomic mass is 35.5. The Morgan fingerprint density at radius 2 is 2.00 bits per heavy atom. The van der Waals surface area contributed by atoms with E-state index >= 15 is 0 Å². The summed E-state index contributed by atoms with van der Waals surface area (Å²) in [6.45, 7) is 2.63. The van der Waals surface area contributed by atoms with Crippen molar-refractivity contribution < 1.29 is 0 Å². The van der Waals surface area contributed by atoms with Gasteiger partial charge in [0.25, 0.3) is 0 Å². The maximum absolute atomic E-state index is 5.57. The van der Waals surface area contributed by atoms with Gasteiger partial charge >= 0.3 is 0 Å². The van der Waals surface area contributed by atoms with Crippen LogP contribution in [0.3, 0.4) is 0 Å². The maximum Gasteiger partial charge on any atom is 0.166 e. The number of halogens is 2. The Morgan fingerprint density at radius 3 is 2.10 bits per heavy atom. The van der Waals surface area contributed by atoms with E-state index in [9.17, 15) is 0 Å². The number of alkyl halides is 2. The van der Waals surface area contributed by atoms with E-state index in [2.05, 4.69) is 0 Å². The lowest BCUT2D eigenvalue weighted by Crippen LogP contribution is -2.31. The number of rotatable bonds is 4. The van der Waals surface area contributed by atoms with E-state index in [1.54, 1.807) is 0 Å². The normalized spacial score (nSPS) is 15.3. The molecule has 0 rings (SSSR count). The summed E-state index contributed by atoms with van der Waals surface area (Å²) in [6, 6.07) is 0. The first-order valence-corrected chi connectivity index (χ1v) is 4.12. The molecule has 0 aliphatic rings. The Morgan fingerprint density at radius 1 is 1.50 bits per heavy atom. The Hall–Kier alpha value is 0.500. The molecular weight excluding hydrogens is 171 g/mol. The molecule has 0 aliphatic carbocycles. The van der Waals surface area contributed by atoms with E-state index in [1.165, 1.54) is 0 Å². The average Bonchev–Trinajstić information content (AvgIpc) is 1.81. The minimum Gasteiger partial charge on any atom is -0.330 e. The van der Waals surface area contributed by atoms with Crippen LogP contribution >= 0.6 is 23.2 Å². The van der Waals surface area contributed by atoms with E-state index in [4.69, 9.17) is 34.7 Å². The Labute approximate surface area is 71.9 Å². The van der Waals surface area contributed by atoms with Crippen molar-refractivity contribution >= 4 is 23.2 Å². The standard InChI is InChI=1S/C6H14Cl2N2/c1-2-5(4-9)3-6(7,8)10/h5H,2-4,9-10H2,1H3. The molecular formula is C6H14Cl2N2. The molecule has 0 aromatic heterocycles. The van der Waals surface area contributed by atoms with Gasteiger partial charge in [-0.25, -0.2) is 0 Å². The summed E-state index contributed by atoms with van der Waals surface area (Å²) in [4.78, 5) is 0. The third-order valence-corrected chi connectivity index (χ3v) is 1.78. The van der Waals surface area contributed by atoms with E-state index in [0.29, 0.717) is 18.9 Å². The van der Waals surface area contributed by atoms with Gasteiger partial charge in [-0.3, -0.25) is 0 Å². The molecule has 62 valence electrons. The second kappa shape index (κ2) is 4.39. The fraction of sp³-hybridized carbons (Fsp3) is 1.00. The SMILES string of the molecule is CCC(CN)CC(N)(Cl)Cl. The summed E-state index contributed by atoms with van der Waals surface area (Å²) >= 11 is 11.1. The molecule has 0 radical (unpaired) electrons. The van der Waals surface area contributed by atoms with E-state index in [-0.39, 0.29) is 0 Å². The predicted molar refractivity (Wildman–Crippen MR) is 46.1 cm³/mol. The molecule has 0 aliphatic heterocycles. The van der Waals surface area contributed by atoms with Crippen LogP contribution in [0.1, 0.15) is 19.8 Å². The number of nitrogens with two attached hydrogens (primary N) is 2. The largest absolute Gasteiger partial charge is 0.330 e. The molecule has 10 heavy (non-hydrogen) atoms. The van der Waals surface area contributed by atoms with Gasteiger partial charge in [0.2, 0.25) is 0 Å². The molecule has 0 fully saturated rings. The number of hydrogen-bond acceptors (Lipinski definition) is 2.